The van der Waals surface area contributed by atoms with Gasteiger partial charge < -0.3 is 0 Å². The molecule has 0 N–H and O–H groups in total. The Balaban J connectivity index is 1.87. The first kappa shape index (κ1) is 18.3. The maximum Gasteiger partial charge on any atom is 0.0249 e. The van der Waals surface area contributed by atoms with Gasteiger partial charge in [-0.25, -0.2) is 0 Å². The zero-order valence-corrected chi connectivity index (χ0v) is 15.4. The summed E-state index contributed by atoms with van der Waals surface area (Å²) in [6.45, 7) is 6.80. The van der Waals surface area contributed by atoms with E-state index in [2.05, 4.69) is 81.1 Å². The van der Waals surface area contributed by atoms with E-state index < -0.39 is 0 Å². The van der Waals surface area contributed by atoms with Crippen LogP contribution >= 0.6 is 0 Å². The lowest BCUT2D eigenvalue weighted by molar-refractivity contribution is 0.538. The van der Waals surface area contributed by atoms with Crippen LogP contribution in [0.3, 0.4) is 0 Å². The highest BCUT2D eigenvalue weighted by atomic mass is 14.0. The molecule has 0 nitrogen and oxygen atoms in total. The molecule has 0 aliphatic heterocycles. The Kier molecular flexibility index (Phi) is 7.63. The summed E-state index contributed by atoms with van der Waals surface area (Å²) in [4.78, 5) is 0. The molecule has 0 aromatic heterocycles. The van der Waals surface area contributed by atoms with Crippen LogP contribution < -0.4 is 0 Å². The van der Waals surface area contributed by atoms with E-state index >= 15 is 0 Å². The van der Waals surface area contributed by atoms with Gasteiger partial charge in [0.1, 0.15) is 0 Å². The predicted octanol–water partition coefficient (Wildman–Crippen LogP) is 6.41. The number of aryl methyl sites for hydroxylation is 2. The van der Waals surface area contributed by atoms with Gasteiger partial charge in [0.05, 0.1) is 0 Å². The van der Waals surface area contributed by atoms with Gasteiger partial charge in [-0.05, 0) is 60.6 Å². The van der Waals surface area contributed by atoms with Crippen molar-refractivity contribution in [1.82, 2.24) is 0 Å². The molecule has 0 heteroatoms. The minimum Gasteiger partial charge on any atom is -0.0651 e. The number of hydrogen-bond donors (Lipinski definition) is 0. The quantitative estimate of drug-likeness (QED) is 0.409. The largest absolute Gasteiger partial charge is 0.0651 e. The third kappa shape index (κ3) is 6.63. The van der Waals surface area contributed by atoms with E-state index in [-0.39, 0.29) is 0 Å². The fourth-order valence-electron chi connectivity index (χ4n) is 2.82. The Bertz CT molecular complexity index is 648. The van der Waals surface area contributed by atoms with Crippen molar-refractivity contribution in [3.8, 4) is 11.8 Å². The van der Waals surface area contributed by atoms with Crippen molar-refractivity contribution in [1.29, 1.82) is 0 Å². The summed E-state index contributed by atoms with van der Waals surface area (Å²) in [5.74, 6) is 7.35. The van der Waals surface area contributed by atoms with Gasteiger partial charge in [0, 0.05) is 11.1 Å². The van der Waals surface area contributed by atoms with E-state index in [1.54, 1.807) is 0 Å². The van der Waals surface area contributed by atoms with Crippen molar-refractivity contribution in [2.24, 2.45) is 5.92 Å². The van der Waals surface area contributed by atoms with Crippen molar-refractivity contribution in [2.45, 2.75) is 59.3 Å². The van der Waals surface area contributed by atoms with Crippen LogP contribution in [-0.2, 0) is 12.8 Å². The van der Waals surface area contributed by atoms with E-state index in [1.807, 2.05) is 0 Å². The first-order valence-electron chi connectivity index (χ1n) is 9.37. The molecule has 2 aromatic rings. The Morgan fingerprint density at radius 3 is 1.67 bits per heavy atom. The van der Waals surface area contributed by atoms with Gasteiger partial charge >= 0.3 is 0 Å². The van der Waals surface area contributed by atoms with E-state index in [0.29, 0.717) is 0 Å². The third-order valence-corrected chi connectivity index (χ3v) is 4.29. The van der Waals surface area contributed by atoms with Crippen LogP contribution in [0.4, 0.5) is 0 Å². The first-order chi connectivity index (χ1) is 11.7. The van der Waals surface area contributed by atoms with Crippen LogP contribution in [-0.4, -0.2) is 0 Å². The van der Waals surface area contributed by atoms with Crippen LogP contribution in [0.15, 0.2) is 48.5 Å². The lowest BCUT2D eigenvalue weighted by Crippen LogP contribution is -1.90. The Morgan fingerprint density at radius 1 is 0.708 bits per heavy atom. The molecule has 0 spiro atoms. The molecule has 126 valence electrons. The predicted molar refractivity (Wildman–Crippen MR) is 105 cm³/mol. The summed E-state index contributed by atoms with van der Waals surface area (Å²) in [6.07, 6.45) is 7.46. The standard InChI is InChI=1S/C24H30/c1-4-7-21-10-14-23(15-11-21)18-19-24-16-12-22(13-17-24)9-6-5-8-20(2)3/h10-17,20H,4-9H2,1-3H3. The minimum atomic E-state index is 0.818. The van der Waals surface area contributed by atoms with Gasteiger partial charge in [0.25, 0.3) is 0 Å². The first-order valence-corrected chi connectivity index (χ1v) is 9.37. The van der Waals surface area contributed by atoms with Gasteiger partial charge in [-0.15, -0.1) is 0 Å². The van der Waals surface area contributed by atoms with E-state index in [4.69, 9.17) is 0 Å². The SMILES string of the molecule is CCCc1ccc(C#Cc2ccc(CCCCC(C)C)cc2)cc1. The van der Waals surface area contributed by atoms with Crippen LogP contribution in [0.25, 0.3) is 0 Å². The van der Waals surface area contributed by atoms with E-state index in [1.165, 1.54) is 43.2 Å². The Morgan fingerprint density at radius 2 is 1.21 bits per heavy atom. The highest BCUT2D eigenvalue weighted by molar-refractivity contribution is 5.44. The number of rotatable bonds is 7. The molecule has 24 heavy (non-hydrogen) atoms. The van der Waals surface area contributed by atoms with Gasteiger partial charge in [-0.2, -0.15) is 0 Å². The van der Waals surface area contributed by atoms with Crippen molar-refractivity contribution >= 4 is 0 Å². The van der Waals surface area contributed by atoms with E-state index in [9.17, 15) is 0 Å². The van der Waals surface area contributed by atoms with E-state index in [0.717, 1.165) is 23.5 Å². The third-order valence-electron chi connectivity index (χ3n) is 4.29. The molecule has 0 unspecified atom stereocenters. The molecule has 0 bridgehead atoms. The van der Waals surface area contributed by atoms with Gasteiger partial charge in [-0.1, -0.05) is 76.1 Å². The molecule has 2 rings (SSSR count). The fraction of sp³-hybridized carbons (Fsp3) is 0.417. The molecule has 0 fully saturated rings. The summed E-state index contributed by atoms with van der Waals surface area (Å²) in [6, 6.07) is 17.4. The molecule has 0 aliphatic rings. The number of benzene rings is 2. The second-order valence-electron chi connectivity index (χ2n) is 7.03. The summed E-state index contributed by atoms with van der Waals surface area (Å²) in [5, 5.41) is 0. The average molecular weight is 319 g/mol. The topological polar surface area (TPSA) is 0 Å². The van der Waals surface area contributed by atoms with Crippen LogP contribution in [0, 0.1) is 17.8 Å². The van der Waals surface area contributed by atoms with Crippen LogP contribution in [0.5, 0.6) is 0 Å². The maximum absolute atomic E-state index is 3.27. The maximum atomic E-state index is 3.27. The molecular weight excluding hydrogens is 288 g/mol. The molecule has 0 saturated carbocycles. The second-order valence-corrected chi connectivity index (χ2v) is 7.03. The summed E-state index contributed by atoms with van der Waals surface area (Å²) < 4.78 is 0. The zero-order chi connectivity index (χ0) is 17.2. The summed E-state index contributed by atoms with van der Waals surface area (Å²) >= 11 is 0. The second kappa shape index (κ2) is 9.99. The zero-order valence-electron chi connectivity index (χ0n) is 15.4. The monoisotopic (exact) mass is 318 g/mol. The van der Waals surface area contributed by atoms with Crippen molar-refractivity contribution in [2.75, 3.05) is 0 Å². The molecule has 0 heterocycles. The molecule has 0 atom stereocenters. The van der Waals surface area contributed by atoms with Crippen molar-refractivity contribution in [3.63, 3.8) is 0 Å². The van der Waals surface area contributed by atoms with Crippen LogP contribution in [0.1, 0.15) is 68.7 Å². The lowest BCUT2D eigenvalue weighted by atomic mass is 10.0. The molecule has 0 saturated heterocycles. The van der Waals surface area contributed by atoms with Crippen LogP contribution in [0.2, 0.25) is 0 Å². The molecule has 0 amide bonds. The molecule has 0 radical (unpaired) electrons. The van der Waals surface area contributed by atoms with Crippen molar-refractivity contribution < 1.29 is 0 Å². The summed E-state index contributed by atoms with van der Waals surface area (Å²) in [7, 11) is 0. The van der Waals surface area contributed by atoms with Gasteiger partial charge in [0.15, 0.2) is 0 Å². The fourth-order valence-corrected chi connectivity index (χ4v) is 2.82. The average Bonchev–Trinajstić information content (AvgIpc) is 2.59. The Labute approximate surface area is 148 Å². The van der Waals surface area contributed by atoms with Crippen molar-refractivity contribution in [3.05, 3.63) is 70.8 Å². The van der Waals surface area contributed by atoms with Gasteiger partial charge in [-0.3, -0.25) is 0 Å². The lowest BCUT2D eigenvalue weighted by Gasteiger charge is -2.04. The number of hydrogen-bond acceptors (Lipinski definition) is 0. The molecule has 0 aliphatic carbocycles. The number of unbranched alkanes of at least 4 members (excludes halogenated alkanes) is 1. The Hall–Kier alpha value is -2.00. The van der Waals surface area contributed by atoms with Gasteiger partial charge in [0.2, 0.25) is 0 Å². The highest BCUT2D eigenvalue weighted by Crippen LogP contribution is 2.12. The minimum absolute atomic E-state index is 0.818. The smallest absolute Gasteiger partial charge is 0.0249 e. The molecule has 2 aromatic carbocycles. The highest BCUT2D eigenvalue weighted by Gasteiger charge is 1.97. The summed E-state index contributed by atoms with van der Waals surface area (Å²) in [5.41, 5.74) is 5.00. The normalized spacial score (nSPS) is 10.5. The molecular formula is C24H30.